The molecule has 1 unspecified atom stereocenters. The van der Waals surface area contributed by atoms with Crippen LogP contribution in [-0.4, -0.2) is 57.6 Å². The number of aromatic nitrogens is 2. The number of carbonyl (C=O) groups is 1. The van der Waals surface area contributed by atoms with Crippen LogP contribution in [0.4, 0.5) is 5.82 Å². The molecule has 146 valence electrons. The van der Waals surface area contributed by atoms with Crippen molar-refractivity contribution in [1.82, 2.24) is 14.3 Å². The maximum atomic E-state index is 12.7. The molecule has 3 heterocycles. The molecule has 0 radical (unpaired) electrons. The van der Waals surface area contributed by atoms with E-state index in [4.69, 9.17) is 5.73 Å². The summed E-state index contributed by atoms with van der Waals surface area (Å²) in [4.78, 5) is 20.8. The Morgan fingerprint density at radius 1 is 1.29 bits per heavy atom. The van der Waals surface area contributed by atoms with Gasteiger partial charge in [0.1, 0.15) is 17.1 Å². The Morgan fingerprint density at radius 2 is 2.07 bits per heavy atom. The van der Waals surface area contributed by atoms with Gasteiger partial charge in [0, 0.05) is 44.6 Å². The number of nitrogens with two attached hydrogens (primary N) is 1. The highest BCUT2D eigenvalue weighted by Crippen LogP contribution is 2.28. The van der Waals surface area contributed by atoms with Gasteiger partial charge in [-0.2, -0.15) is 0 Å². The summed E-state index contributed by atoms with van der Waals surface area (Å²) in [6, 6.07) is 13.2. The van der Waals surface area contributed by atoms with Crippen LogP contribution >= 0.6 is 0 Å². The van der Waals surface area contributed by atoms with Crippen molar-refractivity contribution in [3.8, 4) is 0 Å². The molecule has 1 aliphatic rings. The topological polar surface area (TPSA) is 87.1 Å². The fraction of sp³-hybridized carbons (Fsp3) is 0.333. The summed E-state index contributed by atoms with van der Waals surface area (Å²) in [5.41, 5.74) is 7.12. The van der Waals surface area contributed by atoms with E-state index in [0.29, 0.717) is 25.1 Å². The van der Waals surface area contributed by atoms with Crippen LogP contribution in [0.15, 0.2) is 54.9 Å². The van der Waals surface area contributed by atoms with Crippen LogP contribution in [0.2, 0.25) is 0 Å². The molecular weight excluding hydrogens is 354 g/mol. The molecule has 2 aromatic heterocycles. The normalized spacial score (nSPS) is 19.3. The van der Waals surface area contributed by atoms with Gasteiger partial charge in [0.05, 0.1) is 6.54 Å². The minimum Gasteiger partial charge on any atom is -0.386 e. The smallest absolute Gasteiger partial charge is 0.253 e. The van der Waals surface area contributed by atoms with Crippen LogP contribution in [0.3, 0.4) is 0 Å². The summed E-state index contributed by atoms with van der Waals surface area (Å²) in [6.45, 7) is 1.92. The van der Waals surface area contributed by atoms with Crippen LogP contribution in [-0.2, 0) is 6.54 Å². The van der Waals surface area contributed by atoms with Crippen molar-refractivity contribution < 1.29 is 9.90 Å². The van der Waals surface area contributed by atoms with Crippen molar-refractivity contribution in [3.05, 3.63) is 66.0 Å². The van der Waals surface area contributed by atoms with Gasteiger partial charge in [-0.3, -0.25) is 9.20 Å². The van der Waals surface area contributed by atoms with E-state index >= 15 is 0 Å². The van der Waals surface area contributed by atoms with E-state index in [0.717, 1.165) is 23.6 Å². The molecule has 0 aliphatic carbocycles. The number of fused-ring (bicyclic) bond motifs is 1. The molecule has 7 nitrogen and oxygen atoms in total. The highest BCUT2D eigenvalue weighted by Gasteiger charge is 2.38. The fourth-order valence-electron chi connectivity index (χ4n) is 3.89. The van der Waals surface area contributed by atoms with Crippen LogP contribution in [0, 0.1) is 0 Å². The second-order valence-electron chi connectivity index (χ2n) is 7.50. The number of likely N-dealkylation sites (N-methyl/N-ethyl adjacent to an activating group) is 1. The van der Waals surface area contributed by atoms with Crippen molar-refractivity contribution in [3.63, 3.8) is 0 Å². The van der Waals surface area contributed by atoms with Gasteiger partial charge in [-0.25, -0.2) is 4.98 Å². The predicted molar refractivity (Wildman–Crippen MR) is 108 cm³/mol. The first-order valence-electron chi connectivity index (χ1n) is 9.43. The molecule has 1 aliphatic heterocycles. The van der Waals surface area contributed by atoms with Crippen LogP contribution in [0.1, 0.15) is 22.3 Å². The average Bonchev–Trinajstić information content (AvgIpc) is 3.34. The molecule has 28 heavy (non-hydrogen) atoms. The first-order chi connectivity index (χ1) is 13.5. The minimum atomic E-state index is -0.954. The molecule has 1 saturated heterocycles. The van der Waals surface area contributed by atoms with E-state index in [2.05, 4.69) is 9.88 Å². The van der Waals surface area contributed by atoms with Crippen molar-refractivity contribution in [2.45, 2.75) is 18.6 Å². The quantitative estimate of drug-likeness (QED) is 0.702. The van der Waals surface area contributed by atoms with E-state index in [1.54, 1.807) is 30.3 Å². The summed E-state index contributed by atoms with van der Waals surface area (Å²) >= 11 is 0. The third-order valence-corrected chi connectivity index (χ3v) is 5.38. The molecule has 4 rings (SSSR count). The summed E-state index contributed by atoms with van der Waals surface area (Å²) < 4.78 is 2.01. The van der Waals surface area contributed by atoms with Crippen molar-refractivity contribution in [2.75, 3.05) is 31.6 Å². The third-order valence-electron chi connectivity index (χ3n) is 5.38. The van der Waals surface area contributed by atoms with E-state index in [1.807, 2.05) is 40.9 Å². The standard InChI is InChI=1S/C21H25N5O2/c1-24(20(27)17-7-5-16(13-22)6-8-17)14-21(28)9-11-25(15-21)19-4-2-3-18-23-10-12-26(18)19/h2-8,10,12,28H,9,11,13-15,22H2,1H3. The number of carbonyl (C=O) groups excluding carboxylic acids is 1. The molecule has 7 heteroatoms. The van der Waals surface area contributed by atoms with Crippen LogP contribution in [0.25, 0.3) is 5.65 Å². The molecule has 3 aromatic rings. The number of anilines is 1. The molecular formula is C21H25N5O2. The lowest BCUT2D eigenvalue weighted by molar-refractivity contribution is 0.0264. The zero-order valence-electron chi connectivity index (χ0n) is 16.0. The van der Waals surface area contributed by atoms with E-state index < -0.39 is 5.60 Å². The van der Waals surface area contributed by atoms with Crippen molar-refractivity contribution in [1.29, 1.82) is 0 Å². The number of nitrogens with zero attached hydrogens (tertiary/aromatic N) is 4. The second kappa shape index (κ2) is 7.26. The van der Waals surface area contributed by atoms with Gasteiger partial charge >= 0.3 is 0 Å². The molecule has 1 atom stereocenters. The van der Waals surface area contributed by atoms with Gasteiger partial charge in [-0.15, -0.1) is 0 Å². The molecule has 1 fully saturated rings. The Bertz CT molecular complexity index is 984. The monoisotopic (exact) mass is 379 g/mol. The number of amides is 1. The molecule has 0 bridgehead atoms. The number of β-amino-alcohol motifs (C(OH)–C–C–N with tert-alkyl or cyclic N) is 1. The molecule has 1 amide bonds. The zero-order valence-corrected chi connectivity index (χ0v) is 16.0. The van der Waals surface area contributed by atoms with E-state index in [9.17, 15) is 9.90 Å². The van der Waals surface area contributed by atoms with Gasteiger partial charge in [-0.05, 0) is 36.2 Å². The largest absolute Gasteiger partial charge is 0.386 e. The first-order valence-corrected chi connectivity index (χ1v) is 9.43. The number of benzene rings is 1. The number of imidazole rings is 1. The Hall–Kier alpha value is -2.90. The lowest BCUT2D eigenvalue weighted by Gasteiger charge is -2.29. The number of hydrogen-bond acceptors (Lipinski definition) is 5. The SMILES string of the molecule is CN(CC1(O)CCN(c2cccc3nccn23)C1)C(=O)c1ccc(CN)cc1. The highest BCUT2D eigenvalue weighted by atomic mass is 16.3. The molecule has 1 aromatic carbocycles. The van der Waals surface area contributed by atoms with Gasteiger partial charge in [0.25, 0.3) is 5.91 Å². The highest BCUT2D eigenvalue weighted by molar-refractivity contribution is 5.94. The average molecular weight is 379 g/mol. The lowest BCUT2D eigenvalue weighted by Crippen LogP contribution is -2.46. The third kappa shape index (κ3) is 3.46. The number of hydrogen-bond donors (Lipinski definition) is 2. The Balaban J connectivity index is 1.45. The maximum absolute atomic E-state index is 12.7. The van der Waals surface area contributed by atoms with E-state index in [1.165, 1.54) is 0 Å². The summed E-state index contributed by atoms with van der Waals surface area (Å²) in [5, 5.41) is 11.1. The Morgan fingerprint density at radius 3 is 2.82 bits per heavy atom. The Labute approximate surface area is 164 Å². The fourth-order valence-corrected chi connectivity index (χ4v) is 3.89. The second-order valence-corrected chi connectivity index (χ2v) is 7.50. The first kappa shape index (κ1) is 18.5. The van der Waals surface area contributed by atoms with Gasteiger partial charge in [0.2, 0.25) is 0 Å². The predicted octanol–water partition coefficient (Wildman–Crippen LogP) is 1.51. The van der Waals surface area contributed by atoms with Crippen LogP contribution in [0.5, 0.6) is 0 Å². The van der Waals surface area contributed by atoms with Crippen LogP contribution < -0.4 is 10.6 Å². The van der Waals surface area contributed by atoms with Gasteiger partial charge < -0.3 is 20.6 Å². The number of rotatable bonds is 5. The number of pyridine rings is 1. The zero-order chi connectivity index (χ0) is 19.7. The summed E-state index contributed by atoms with van der Waals surface area (Å²) in [6.07, 6.45) is 4.29. The van der Waals surface area contributed by atoms with Crippen molar-refractivity contribution in [2.24, 2.45) is 5.73 Å². The van der Waals surface area contributed by atoms with E-state index in [-0.39, 0.29) is 12.5 Å². The summed E-state index contributed by atoms with van der Waals surface area (Å²) in [5.74, 6) is 0.893. The maximum Gasteiger partial charge on any atom is 0.253 e. The lowest BCUT2D eigenvalue weighted by atomic mass is 10.0. The molecule has 3 N–H and O–H groups in total. The molecule has 0 saturated carbocycles. The van der Waals surface area contributed by atoms with Gasteiger partial charge in [0.15, 0.2) is 0 Å². The minimum absolute atomic E-state index is 0.104. The van der Waals surface area contributed by atoms with Crippen molar-refractivity contribution >= 4 is 17.4 Å². The molecule has 0 spiro atoms. The van der Waals surface area contributed by atoms with Gasteiger partial charge in [-0.1, -0.05) is 18.2 Å². The number of aliphatic hydroxyl groups is 1. The Kier molecular flexibility index (Phi) is 4.78. The summed E-state index contributed by atoms with van der Waals surface area (Å²) in [7, 11) is 1.73.